The minimum atomic E-state index is 0.102. The summed E-state index contributed by atoms with van der Waals surface area (Å²) < 4.78 is 5.44. The Morgan fingerprint density at radius 3 is 2.44 bits per heavy atom. The van der Waals surface area contributed by atoms with E-state index >= 15 is 0 Å². The van der Waals surface area contributed by atoms with Gasteiger partial charge in [0, 0.05) is 16.8 Å². The van der Waals surface area contributed by atoms with E-state index < -0.39 is 0 Å². The summed E-state index contributed by atoms with van der Waals surface area (Å²) in [6.45, 7) is 6.30. The van der Waals surface area contributed by atoms with E-state index in [2.05, 4.69) is 15.0 Å². The molecule has 138 valence electrons. The summed E-state index contributed by atoms with van der Waals surface area (Å²) in [6.07, 6.45) is 0. The van der Waals surface area contributed by atoms with Crippen molar-refractivity contribution in [3.63, 3.8) is 0 Å². The van der Waals surface area contributed by atoms with Crippen LogP contribution in [0.4, 0.5) is 5.69 Å². The number of anilines is 1. The van der Waals surface area contributed by atoms with Crippen molar-refractivity contribution in [2.45, 2.75) is 13.5 Å². The van der Waals surface area contributed by atoms with Crippen LogP contribution in [0.15, 0.2) is 59.1 Å². The molecule has 6 heteroatoms. The maximum atomic E-state index is 11.4. The highest BCUT2D eigenvalue weighted by atomic mass is 16.5. The van der Waals surface area contributed by atoms with E-state index in [1.807, 2.05) is 54.6 Å². The van der Waals surface area contributed by atoms with Crippen LogP contribution in [0.1, 0.15) is 23.2 Å². The summed E-state index contributed by atoms with van der Waals surface area (Å²) in [5.41, 5.74) is 2.90. The molecule has 0 radical (unpaired) electrons. The summed E-state index contributed by atoms with van der Waals surface area (Å²) in [7, 11) is 0. The second kappa shape index (κ2) is 7.72. The third-order valence-corrected chi connectivity index (χ3v) is 5.01. The van der Waals surface area contributed by atoms with Gasteiger partial charge in [-0.1, -0.05) is 35.5 Å². The highest BCUT2D eigenvalue weighted by Gasteiger charge is 2.22. The summed E-state index contributed by atoms with van der Waals surface area (Å²) in [6, 6.07) is 17.8. The van der Waals surface area contributed by atoms with Crippen molar-refractivity contribution in [3.05, 3.63) is 66.1 Å². The van der Waals surface area contributed by atoms with Gasteiger partial charge in [0.1, 0.15) is 0 Å². The van der Waals surface area contributed by atoms with Gasteiger partial charge in [-0.25, -0.2) is 0 Å². The van der Waals surface area contributed by atoms with Crippen LogP contribution in [-0.2, 0) is 6.54 Å². The van der Waals surface area contributed by atoms with Gasteiger partial charge in [-0.3, -0.25) is 4.79 Å². The number of ketones is 1. The Balaban J connectivity index is 1.33. The Morgan fingerprint density at radius 2 is 1.78 bits per heavy atom. The third-order valence-electron chi connectivity index (χ3n) is 5.01. The summed E-state index contributed by atoms with van der Waals surface area (Å²) >= 11 is 0. The molecule has 0 atom stereocenters. The molecule has 3 aromatic rings. The van der Waals surface area contributed by atoms with Crippen LogP contribution in [0, 0.1) is 0 Å². The van der Waals surface area contributed by atoms with Crippen LogP contribution >= 0.6 is 0 Å². The van der Waals surface area contributed by atoms with Crippen molar-refractivity contribution < 1.29 is 14.2 Å². The predicted molar refractivity (Wildman–Crippen MR) is 103 cm³/mol. The molecule has 1 aliphatic rings. The van der Waals surface area contributed by atoms with E-state index in [1.165, 1.54) is 10.6 Å². The van der Waals surface area contributed by atoms with E-state index in [0.717, 1.165) is 43.9 Å². The lowest BCUT2D eigenvalue weighted by molar-refractivity contribution is -0.915. The Hall–Kier alpha value is -2.99. The molecule has 1 N–H and O–H groups in total. The molecule has 1 saturated heterocycles. The van der Waals surface area contributed by atoms with E-state index in [0.29, 0.717) is 11.7 Å². The maximum Gasteiger partial charge on any atom is 0.282 e. The molecule has 0 aliphatic carbocycles. The molecule has 1 aromatic heterocycles. The Kier molecular flexibility index (Phi) is 4.98. The minimum Gasteiger partial charge on any atom is -0.360 e. The molecule has 0 amide bonds. The van der Waals surface area contributed by atoms with Crippen LogP contribution < -0.4 is 9.80 Å². The van der Waals surface area contributed by atoms with Crippen molar-refractivity contribution in [1.82, 2.24) is 10.1 Å². The molecule has 4 rings (SSSR count). The van der Waals surface area contributed by atoms with Crippen LogP contribution in [0.5, 0.6) is 0 Å². The van der Waals surface area contributed by atoms with Crippen molar-refractivity contribution in [1.29, 1.82) is 0 Å². The number of quaternary nitrogens is 1. The number of nitrogens with zero attached hydrogens (tertiary/aromatic N) is 3. The van der Waals surface area contributed by atoms with E-state index in [1.54, 1.807) is 6.92 Å². The number of rotatable bonds is 5. The molecule has 2 heterocycles. The molecule has 27 heavy (non-hydrogen) atoms. The van der Waals surface area contributed by atoms with Crippen molar-refractivity contribution in [2.75, 3.05) is 31.1 Å². The lowest BCUT2D eigenvalue weighted by Gasteiger charge is -2.33. The van der Waals surface area contributed by atoms with Gasteiger partial charge < -0.3 is 14.3 Å². The number of aromatic nitrogens is 2. The lowest BCUT2D eigenvalue weighted by atomic mass is 10.1. The molecular formula is C21H23N4O2+. The summed E-state index contributed by atoms with van der Waals surface area (Å²) in [4.78, 5) is 19.7. The zero-order valence-corrected chi connectivity index (χ0v) is 15.4. The fraction of sp³-hybridized carbons (Fsp3) is 0.286. The number of Topliss-reactive ketones (excluding diaryl/α,β-unsaturated/α-hetero) is 1. The standard InChI is InChI=1S/C21H22N4O2/c1-16(26)17-7-9-19(10-8-17)25-13-11-24(12-14-25)15-20-22-21(23-27-20)18-5-3-2-4-6-18/h2-10H,11-15H2,1H3/p+1. The number of hydrogen-bond acceptors (Lipinski definition) is 5. The molecule has 1 fully saturated rings. The predicted octanol–water partition coefficient (Wildman–Crippen LogP) is 1.84. The average Bonchev–Trinajstić information content (AvgIpc) is 3.18. The number of benzene rings is 2. The quantitative estimate of drug-likeness (QED) is 0.701. The van der Waals surface area contributed by atoms with Crippen LogP contribution in [0.2, 0.25) is 0 Å². The highest BCUT2D eigenvalue weighted by Crippen LogP contribution is 2.16. The first-order chi connectivity index (χ1) is 13.2. The topological polar surface area (TPSA) is 63.7 Å². The Labute approximate surface area is 158 Å². The van der Waals surface area contributed by atoms with Gasteiger partial charge in [0.15, 0.2) is 12.3 Å². The van der Waals surface area contributed by atoms with E-state index in [4.69, 9.17) is 4.52 Å². The number of hydrogen-bond donors (Lipinski definition) is 1. The number of carbonyl (C=O) groups is 1. The first kappa shape index (κ1) is 17.4. The van der Waals surface area contributed by atoms with Crippen LogP contribution in [0.25, 0.3) is 11.4 Å². The van der Waals surface area contributed by atoms with Gasteiger partial charge in [-0.15, -0.1) is 0 Å². The van der Waals surface area contributed by atoms with Crippen molar-refractivity contribution >= 4 is 11.5 Å². The monoisotopic (exact) mass is 363 g/mol. The first-order valence-corrected chi connectivity index (χ1v) is 9.26. The maximum absolute atomic E-state index is 11.4. The summed E-state index contributed by atoms with van der Waals surface area (Å²) in [5.74, 6) is 1.43. The smallest absolute Gasteiger partial charge is 0.282 e. The molecule has 6 nitrogen and oxygen atoms in total. The van der Waals surface area contributed by atoms with Crippen molar-refractivity contribution in [3.8, 4) is 11.4 Å². The molecule has 0 unspecified atom stereocenters. The van der Waals surface area contributed by atoms with Crippen LogP contribution in [0.3, 0.4) is 0 Å². The summed E-state index contributed by atoms with van der Waals surface area (Å²) in [5, 5.41) is 4.10. The number of nitrogens with one attached hydrogen (secondary N) is 1. The van der Waals surface area contributed by atoms with Gasteiger partial charge in [0.25, 0.3) is 5.89 Å². The molecule has 2 aromatic carbocycles. The molecular weight excluding hydrogens is 340 g/mol. The lowest BCUT2D eigenvalue weighted by Crippen LogP contribution is -3.13. The zero-order valence-electron chi connectivity index (χ0n) is 15.4. The largest absolute Gasteiger partial charge is 0.360 e. The Morgan fingerprint density at radius 1 is 1.07 bits per heavy atom. The van der Waals surface area contributed by atoms with Gasteiger partial charge in [-0.2, -0.15) is 4.98 Å². The second-order valence-corrected chi connectivity index (χ2v) is 6.89. The molecule has 0 saturated carbocycles. The zero-order chi connectivity index (χ0) is 18.6. The molecule has 0 bridgehead atoms. The molecule has 0 spiro atoms. The van der Waals surface area contributed by atoms with Gasteiger partial charge in [0.2, 0.25) is 5.82 Å². The second-order valence-electron chi connectivity index (χ2n) is 6.89. The van der Waals surface area contributed by atoms with E-state index in [9.17, 15) is 4.79 Å². The number of carbonyl (C=O) groups excluding carboxylic acids is 1. The minimum absolute atomic E-state index is 0.102. The highest BCUT2D eigenvalue weighted by molar-refractivity contribution is 5.94. The fourth-order valence-corrected chi connectivity index (χ4v) is 3.41. The third kappa shape index (κ3) is 4.06. The van der Waals surface area contributed by atoms with Gasteiger partial charge in [0.05, 0.1) is 26.2 Å². The first-order valence-electron chi connectivity index (χ1n) is 9.26. The normalized spacial score (nSPS) is 15.1. The van der Waals surface area contributed by atoms with Gasteiger partial charge >= 0.3 is 0 Å². The van der Waals surface area contributed by atoms with Crippen LogP contribution in [-0.4, -0.2) is 42.1 Å². The number of piperazine rings is 1. The average molecular weight is 363 g/mol. The SMILES string of the molecule is CC(=O)c1ccc(N2CC[NH+](Cc3nc(-c4ccccc4)no3)CC2)cc1. The fourth-order valence-electron chi connectivity index (χ4n) is 3.41. The van der Waals surface area contributed by atoms with E-state index in [-0.39, 0.29) is 5.78 Å². The molecule has 1 aliphatic heterocycles. The van der Waals surface area contributed by atoms with Crippen molar-refractivity contribution in [2.24, 2.45) is 0 Å². The Bertz CT molecular complexity index is 897. The van der Waals surface area contributed by atoms with Gasteiger partial charge in [-0.05, 0) is 31.2 Å².